The highest BCUT2D eigenvalue weighted by molar-refractivity contribution is 5.75. The molecule has 2 bridgehead atoms. The van der Waals surface area contributed by atoms with E-state index in [0.29, 0.717) is 0 Å². The second-order valence-corrected chi connectivity index (χ2v) is 8.08. The summed E-state index contributed by atoms with van der Waals surface area (Å²) < 4.78 is 11.3. The summed E-state index contributed by atoms with van der Waals surface area (Å²) in [5.41, 5.74) is -3.29. The van der Waals surface area contributed by atoms with Gasteiger partial charge >= 0.3 is 11.9 Å². The van der Waals surface area contributed by atoms with Gasteiger partial charge < -0.3 is 14.6 Å². The van der Waals surface area contributed by atoms with Crippen LogP contribution >= 0.6 is 0 Å². The van der Waals surface area contributed by atoms with Gasteiger partial charge in [-0.25, -0.2) is 9.78 Å². The normalized spacial score (nSPS) is 53.2. The predicted molar refractivity (Wildman–Crippen MR) is 83.9 cm³/mol. The number of carbonyl (C=O) groups excluding carboxylic acids is 2. The first-order valence-electron chi connectivity index (χ1n) is 8.85. The Morgan fingerprint density at radius 3 is 2.68 bits per heavy atom. The predicted octanol–water partition coefficient (Wildman–Crippen LogP) is 1.29. The van der Waals surface area contributed by atoms with Crippen LogP contribution in [0.15, 0.2) is 12.2 Å². The molecule has 25 heavy (non-hydrogen) atoms. The van der Waals surface area contributed by atoms with Crippen molar-refractivity contribution in [3.63, 3.8) is 0 Å². The van der Waals surface area contributed by atoms with Crippen molar-refractivity contribution >= 4 is 11.9 Å². The van der Waals surface area contributed by atoms with Gasteiger partial charge in [-0.2, -0.15) is 0 Å². The van der Waals surface area contributed by atoms with Gasteiger partial charge in [0.25, 0.3) is 0 Å². The van der Waals surface area contributed by atoms with Gasteiger partial charge in [0.05, 0.1) is 11.8 Å². The van der Waals surface area contributed by atoms with E-state index in [1.54, 1.807) is 26.8 Å². The van der Waals surface area contributed by atoms with E-state index in [-0.39, 0.29) is 30.7 Å². The van der Waals surface area contributed by atoms with Crippen LogP contribution in [0.25, 0.3) is 0 Å². The standard InChI is InChI=1S/C18H24O7/c1-5-11(19)22-10-8-17(4,21)18-7-6-16(3,24-25-18)14(18)13-12(10)9(2)15(20)23-13/h6-7,9-10,12-14,21H,5,8H2,1-4H3. The number of aliphatic hydroxyl groups is 1. The Kier molecular flexibility index (Phi) is 3.43. The molecule has 0 spiro atoms. The van der Waals surface area contributed by atoms with Gasteiger partial charge in [0, 0.05) is 18.8 Å². The lowest BCUT2D eigenvalue weighted by atomic mass is 9.70. The van der Waals surface area contributed by atoms with E-state index >= 15 is 0 Å². The molecule has 138 valence electrons. The Hall–Kier alpha value is -1.44. The van der Waals surface area contributed by atoms with Crippen LogP contribution in [0.1, 0.15) is 40.5 Å². The van der Waals surface area contributed by atoms with Crippen LogP contribution in [-0.4, -0.2) is 46.1 Å². The molecule has 0 radical (unpaired) electrons. The topological polar surface area (TPSA) is 91.3 Å². The molecule has 2 aliphatic carbocycles. The lowest BCUT2D eigenvalue weighted by Gasteiger charge is -2.40. The van der Waals surface area contributed by atoms with Crippen molar-refractivity contribution in [3.05, 3.63) is 12.2 Å². The quantitative estimate of drug-likeness (QED) is 0.455. The molecule has 1 saturated carbocycles. The van der Waals surface area contributed by atoms with Crippen LogP contribution in [0.5, 0.6) is 0 Å². The molecule has 7 nitrogen and oxygen atoms in total. The Morgan fingerprint density at radius 2 is 2.08 bits per heavy atom. The van der Waals surface area contributed by atoms with E-state index in [1.807, 2.05) is 13.0 Å². The molecule has 4 aliphatic rings. The molecule has 2 heterocycles. The molecule has 8 unspecified atom stereocenters. The van der Waals surface area contributed by atoms with E-state index in [0.717, 1.165) is 0 Å². The van der Waals surface area contributed by atoms with Gasteiger partial charge in [-0.3, -0.25) is 9.59 Å². The molecular formula is C18H24O7. The minimum atomic E-state index is -1.35. The summed E-state index contributed by atoms with van der Waals surface area (Å²) in [5.74, 6) is -1.88. The molecule has 3 fully saturated rings. The van der Waals surface area contributed by atoms with Gasteiger partial charge in [0.2, 0.25) is 0 Å². The molecule has 2 aliphatic heterocycles. The molecule has 0 aromatic carbocycles. The van der Waals surface area contributed by atoms with E-state index in [1.165, 1.54) is 0 Å². The molecule has 0 amide bonds. The highest BCUT2D eigenvalue weighted by atomic mass is 17.2. The number of esters is 2. The number of ether oxygens (including phenoxy) is 2. The van der Waals surface area contributed by atoms with Crippen molar-refractivity contribution in [2.75, 3.05) is 0 Å². The zero-order valence-electron chi connectivity index (χ0n) is 14.9. The lowest BCUT2D eigenvalue weighted by molar-refractivity contribution is -0.361. The SMILES string of the molecule is CCC(=O)OC1CC(C)(O)C23C=CC(C)(OO2)C3C2OC(=O)C(C)C12. The first-order valence-corrected chi connectivity index (χ1v) is 8.85. The zero-order chi connectivity index (χ0) is 18.2. The number of hydrogen-bond acceptors (Lipinski definition) is 7. The molecule has 7 heteroatoms. The van der Waals surface area contributed by atoms with Crippen LogP contribution in [0, 0.1) is 17.8 Å². The van der Waals surface area contributed by atoms with Crippen molar-refractivity contribution < 1.29 is 33.9 Å². The molecule has 2 saturated heterocycles. The largest absolute Gasteiger partial charge is 0.462 e. The summed E-state index contributed by atoms with van der Waals surface area (Å²) in [6.07, 6.45) is 2.84. The summed E-state index contributed by atoms with van der Waals surface area (Å²) in [6.45, 7) is 7.00. The Bertz CT molecular complexity index is 656. The number of rotatable bonds is 2. The first kappa shape index (κ1) is 17.0. The monoisotopic (exact) mass is 352 g/mol. The van der Waals surface area contributed by atoms with E-state index in [4.69, 9.17) is 19.2 Å². The maximum absolute atomic E-state index is 12.3. The number of fused-ring (bicyclic) bond motifs is 1. The van der Waals surface area contributed by atoms with E-state index < -0.39 is 40.8 Å². The van der Waals surface area contributed by atoms with Crippen molar-refractivity contribution in [1.82, 2.24) is 0 Å². The maximum atomic E-state index is 12.3. The molecular weight excluding hydrogens is 328 g/mol. The van der Waals surface area contributed by atoms with Crippen LogP contribution in [0.4, 0.5) is 0 Å². The fourth-order valence-corrected chi connectivity index (χ4v) is 5.06. The van der Waals surface area contributed by atoms with E-state index in [2.05, 4.69) is 0 Å². The fourth-order valence-electron chi connectivity index (χ4n) is 5.06. The number of hydrogen-bond donors (Lipinski definition) is 1. The first-order chi connectivity index (χ1) is 11.7. The van der Waals surface area contributed by atoms with Gasteiger partial charge in [0.15, 0.2) is 5.60 Å². The Balaban J connectivity index is 1.82. The van der Waals surface area contributed by atoms with Crippen molar-refractivity contribution in [3.8, 4) is 0 Å². The van der Waals surface area contributed by atoms with Crippen LogP contribution < -0.4 is 0 Å². The molecule has 0 aromatic heterocycles. The smallest absolute Gasteiger partial charge is 0.309 e. The van der Waals surface area contributed by atoms with Gasteiger partial charge in [-0.05, 0) is 19.9 Å². The Morgan fingerprint density at radius 1 is 1.36 bits per heavy atom. The zero-order valence-corrected chi connectivity index (χ0v) is 14.9. The summed E-state index contributed by atoms with van der Waals surface area (Å²) in [7, 11) is 0. The van der Waals surface area contributed by atoms with Gasteiger partial charge in [0.1, 0.15) is 23.4 Å². The van der Waals surface area contributed by atoms with Crippen molar-refractivity contribution in [2.45, 2.75) is 69.5 Å². The van der Waals surface area contributed by atoms with Crippen molar-refractivity contribution in [1.29, 1.82) is 0 Å². The molecule has 0 aromatic rings. The summed E-state index contributed by atoms with van der Waals surface area (Å²) >= 11 is 0. The van der Waals surface area contributed by atoms with Crippen LogP contribution in [0.2, 0.25) is 0 Å². The summed E-state index contributed by atoms with van der Waals surface area (Å²) in [4.78, 5) is 35.4. The van der Waals surface area contributed by atoms with Gasteiger partial charge in [-0.15, -0.1) is 0 Å². The average Bonchev–Trinajstić information content (AvgIpc) is 3.10. The molecule has 1 N–H and O–H groups in total. The third-order valence-electron chi connectivity index (χ3n) is 6.45. The minimum Gasteiger partial charge on any atom is -0.462 e. The van der Waals surface area contributed by atoms with E-state index in [9.17, 15) is 14.7 Å². The number of carbonyl (C=O) groups is 2. The van der Waals surface area contributed by atoms with Crippen molar-refractivity contribution in [2.24, 2.45) is 17.8 Å². The maximum Gasteiger partial charge on any atom is 0.309 e. The summed E-state index contributed by atoms with van der Waals surface area (Å²) in [5, 5.41) is 11.3. The molecule has 8 atom stereocenters. The van der Waals surface area contributed by atoms with Gasteiger partial charge in [-0.1, -0.05) is 19.9 Å². The molecule has 4 rings (SSSR count). The highest BCUT2D eigenvalue weighted by Crippen LogP contribution is 2.62. The highest BCUT2D eigenvalue weighted by Gasteiger charge is 2.75. The fraction of sp³-hybridized carbons (Fsp3) is 0.778. The summed E-state index contributed by atoms with van der Waals surface area (Å²) in [6, 6.07) is 0. The van der Waals surface area contributed by atoms with Crippen LogP contribution in [-0.2, 0) is 28.8 Å². The van der Waals surface area contributed by atoms with Crippen LogP contribution in [0.3, 0.4) is 0 Å². The third kappa shape index (κ3) is 2.03. The average molecular weight is 352 g/mol. The Labute approximate surface area is 146 Å². The minimum absolute atomic E-state index is 0.140. The third-order valence-corrected chi connectivity index (χ3v) is 6.45. The second kappa shape index (κ2) is 5.05. The lowest BCUT2D eigenvalue weighted by Crippen LogP contribution is -2.56. The second-order valence-electron chi connectivity index (χ2n) is 8.08.